The first-order valence-corrected chi connectivity index (χ1v) is 12.0. The molecule has 3 aromatic carbocycles. The van der Waals surface area contributed by atoms with E-state index in [0.717, 1.165) is 33.5 Å². The van der Waals surface area contributed by atoms with Gasteiger partial charge in [-0.1, -0.05) is 46.7 Å². The van der Waals surface area contributed by atoms with Crippen molar-refractivity contribution in [3.8, 4) is 34.2 Å². The lowest BCUT2D eigenvalue weighted by Gasteiger charge is -2.09. The highest BCUT2D eigenvalue weighted by atomic mass is 35.5. The Labute approximate surface area is 205 Å². The second-order valence-electron chi connectivity index (χ2n) is 7.24. The van der Waals surface area contributed by atoms with Crippen LogP contribution in [0.3, 0.4) is 0 Å². The van der Waals surface area contributed by atoms with E-state index < -0.39 is 0 Å². The molecule has 0 N–H and O–H groups in total. The fourth-order valence-corrected chi connectivity index (χ4v) is 4.30. The molecule has 5 rings (SSSR count). The number of nitrogens with zero attached hydrogens (tertiary/aromatic N) is 5. The minimum Gasteiger partial charge on any atom is -0.494 e. The van der Waals surface area contributed by atoms with E-state index in [9.17, 15) is 0 Å². The fraction of sp³-hybridized carbons (Fsp3) is 0.120. The van der Waals surface area contributed by atoms with Gasteiger partial charge in [0.15, 0.2) is 11.0 Å². The van der Waals surface area contributed by atoms with Crippen molar-refractivity contribution in [1.82, 2.24) is 24.9 Å². The van der Waals surface area contributed by atoms with E-state index >= 15 is 0 Å². The molecule has 0 fully saturated rings. The third kappa shape index (κ3) is 4.83. The van der Waals surface area contributed by atoms with E-state index in [1.54, 1.807) is 0 Å². The molecule has 0 saturated carbocycles. The summed E-state index contributed by atoms with van der Waals surface area (Å²) in [5.41, 5.74) is 2.74. The van der Waals surface area contributed by atoms with Crippen LogP contribution in [0.2, 0.25) is 5.02 Å². The Balaban J connectivity index is 1.38. The Morgan fingerprint density at radius 3 is 2.38 bits per heavy atom. The first-order chi connectivity index (χ1) is 16.7. The molecule has 0 spiro atoms. The zero-order chi connectivity index (χ0) is 23.3. The molecule has 0 unspecified atom stereocenters. The highest BCUT2D eigenvalue weighted by Gasteiger charge is 2.18. The number of benzene rings is 3. The van der Waals surface area contributed by atoms with Gasteiger partial charge in [-0.2, -0.15) is 4.98 Å². The molecule has 0 bridgehead atoms. The van der Waals surface area contributed by atoms with E-state index in [2.05, 4.69) is 20.3 Å². The molecule has 34 heavy (non-hydrogen) atoms. The van der Waals surface area contributed by atoms with Gasteiger partial charge in [0, 0.05) is 21.8 Å². The van der Waals surface area contributed by atoms with Crippen LogP contribution in [0.1, 0.15) is 12.8 Å². The molecule has 0 saturated heterocycles. The molecule has 0 aliphatic carbocycles. The van der Waals surface area contributed by atoms with Gasteiger partial charge < -0.3 is 9.26 Å². The maximum Gasteiger partial charge on any atom is 0.237 e. The van der Waals surface area contributed by atoms with Gasteiger partial charge in [0.1, 0.15) is 5.75 Å². The van der Waals surface area contributed by atoms with Crippen molar-refractivity contribution < 1.29 is 9.26 Å². The van der Waals surface area contributed by atoms with Crippen LogP contribution in [-0.4, -0.2) is 31.5 Å². The minimum absolute atomic E-state index is 0.454. The topological polar surface area (TPSA) is 78.9 Å². The molecule has 0 atom stereocenters. The summed E-state index contributed by atoms with van der Waals surface area (Å²) in [4.78, 5) is 4.54. The van der Waals surface area contributed by atoms with Crippen molar-refractivity contribution in [2.45, 2.75) is 17.8 Å². The van der Waals surface area contributed by atoms with Crippen molar-refractivity contribution in [2.75, 3.05) is 6.61 Å². The largest absolute Gasteiger partial charge is 0.494 e. The van der Waals surface area contributed by atoms with Crippen LogP contribution >= 0.6 is 23.4 Å². The maximum atomic E-state index is 6.07. The summed E-state index contributed by atoms with van der Waals surface area (Å²) in [6.45, 7) is 2.57. The number of para-hydroxylation sites is 1. The van der Waals surface area contributed by atoms with Crippen LogP contribution < -0.4 is 4.74 Å². The van der Waals surface area contributed by atoms with Crippen LogP contribution in [0.15, 0.2) is 88.5 Å². The molecule has 0 radical (unpaired) electrons. The SMILES string of the molecule is CCOc1ccc(-c2noc(CSc3nnc(-c4ccc(Cl)cc4)n3-c3ccccc3)n2)cc1. The minimum atomic E-state index is 0.454. The number of hydrogen-bond donors (Lipinski definition) is 0. The first-order valence-electron chi connectivity index (χ1n) is 10.7. The lowest BCUT2D eigenvalue weighted by atomic mass is 10.2. The first kappa shape index (κ1) is 22.2. The number of hydrogen-bond acceptors (Lipinski definition) is 7. The van der Waals surface area contributed by atoms with Crippen LogP contribution in [0.5, 0.6) is 5.75 Å². The second kappa shape index (κ2) is 10.1. The third-order valence-electron chi connectivity index (χ3n) is 4.97. The molecule has 170 valence electrons. The zero-order valence-electron chi connectivity index (χ0n) is 18.3. The van der Waals surface area contributed by atoms with Gasteiger partial charge in [-0.15, -0.1) is 10.2 Å². The summed E-state index contributed by atoms with van der Waals surface area (Å²) in [5.74, 6) is 3.03. The zero-order valence-corrected chi connectivity index (χ0v) is 19.8. The quantitative estimate of drug-likeness (QED) is 0.236. The summed E-state index contributed by atoms with van der Waals surface area (Å²) in [6.07, 6.45) is 0. The Hall–Kier alpha value is -3.62. The van der Waals surface area contributed by atoms with Crippen LogP contribution in [0.4, 0.5) is 0 Å². The number of ether oxygens (including phenoxy) is 1. The van der Waals surface area contributed by atoms with E-state index in [-0.39, 0.29) is 0 Å². The predicted octanol–water partition coefficient (Wildman–Crippen LogP) is 6.33. The highest BCUT2D eigenvalue weighted by Crippen LogP contribution is 2.30. The maximum absolute atomic E-state index is 6.07. The second-order valence-corrected chi connectivity index (χ2v) is 8.62. The van der Waals surface area contributed by atoms with E-state index in [4.69, 9.17) is 20.9 Å². The van der Waals surface area contributed by atoms with Gasteiger partial charge in [0.25, 0.3) is 0 Å². The Morgan fingerprint density at radius 1 is 0.912 bits per heavy atom. The molecule has 0 amide bonds. The Bertz CT molecular complexity index is 1370. The van der Waals surface area contributed by atoms with Crippen molar-refractivity contribution >= 4 is 23.4 Å². The molecule has 5 aromatic rings. The average molecular weight is 490 g/mol. The smallest absolute Gasteiger partial charge is 0.237 e. The monoisotopic (exact) mass is 489 g/mol. The van der Waals surface area contributed by atoms with Crippen LogP contribution in [0.25, 0.3) is 28.5 Å². The van der Waals surface area contributed by atoms with Gasteiger partial charge in [-0.25, -0.2) is 0 Å². The van der Waals surface area contributed by atoms with E-state index in [0.29, 0.717) is 29.1 Å². The van der Waals surface area contributed by atoms with Gasteiger partial charge >= 0.3 is 0 Å². The molecular weight excluding hydrogens is 470 g/mol. The molecule has 2 aromatic heterocycles. The number of aromatic nitrogens is 5. The summed E-state index contributed by atoms with van der Waals surface area (Å²) >= 11 is 7.55. The van der Waals surface area contributed by atoms with Crippen LogP contribution in [0, 0.1) is 0 Å². The lowest BCUT2D eigenvalue weighted by molar-refractivity contribution is 0.340. The summed E-state index contributed by atoms with van der Waals surface area (Å²) in [5, 5.41) is 14.4. The third-order valence-corrected chi connectivity index (χ3v) is 6.13. The highest BCUT2D eigenvalue weighted by molar-refractivity contribution is 7.98. The van der Waals surface area contributed by atoms with Crippen molar-refractivity contribution in [3.05, 3.63) is 89.8 Å². The normalized spacial score (nSPS) is 11.0. The Kier molecular flexibility index (Phi) is 6.60. The van der Waals surface area contributed by atoms with E-state index in [1.807, 2.05) is 90.4 Å². The molecule has 7 nitrogen and oxygen atoms in total. The summed E-state index contributed by atoms with van der Waals surface area (Å²) in [7, 11) is 0. The molecular formula is C25H20ClN5O2S. The average Bonchev–Trinajstić information content (AvgIpc) is 3.52. The summed E-state index contributed by atoms with van der Waals surface area (Å²) < 4.78 is 13.0. The molecule has 9 heteroatoms. The van der Waals surface area contributed by atoms with Crippen molar-refractivity contribution in [3.63, 3.8) is 0 Å². The lowest BCUT2D eigenvalue weighted by Crippen LogP contribution is -1.99. The van der Waals surface area contributed by atoms with Gasteiger partial charge in [-0.05, 0) is 67.6 Å². The molecule has 0 aliphatic rings. The van der Waals surface area contributed by atoms with Gasteiger partial charge in [0.05, 0.1) is 12.4 Å². The van der Waals surface area contributed by atoms with Crippen molar-refractivity contribution in [2.24, 2.45) is 0 Å². The molecule has 0 aliphatic heterocycles. The summed E-state index contributed by atoms with van der Waals surface area (Å²) in [6, 6.07) is 25.1. The van der Waals surface area contributed by atoms with Crippen LogP contribution in [-0.2, 0) is 5.75 Å². The van der Waals surface area contributed by atoms with Gasteiger partial charge in [-0.3, -0.25) is 4.57 Å². The van der Waals surface area contributed by atoms with E-state index in [1.165, 1.54) is 11.8 Å². The standard InChI is InChI=1S/C25H20ClN5O2S/c1-2-32-21-14-10-17(11-15-21)23-27-22(33-30-23)16-34-25-29-28-24(18-8-12-19(26)13-9-18)31(25)20-6-4-3-5-7-20/h3-15H,2,16H2,1H3. The predicted molar refractivity (Wildman–Crippen MR) is 132 cm³/mol. The Morgan fingerprint density at radius 2 is 1.65 bits per heavy atom. The van der Waals surface area contributed by atoms with Gasteiger partial charge in [0.2, 0.25) is 11.7 Å². The number of halogens is 1. The van der Waals surface area contributed by atoms with Crippen molar-refractivity contribution in [1.29, 1.82) is 0 Å². The fourth-order valence-electron chi connectivity index (χ4n) is 3.38. The number of rotatable bonds is 8. The molecule has 2 heterocycles. The number of thioether (sulfide) groups is 1.